The van der Waals surface area contributed by atoms with E-state index in [1.807, 2.05) is 30.3 Å². The molecule has 0 aliphatic rings. The van der Waals surface area contributed by atoms with E-state index < -0.39 is 4.92 Å². The van der Waals surface area contributed by atoms with E-state index in [1.165, 1.54) is 29.3 Å². The number of nitrogens with one attached hydrogen (secondary N) is 1. The first-order valence-electron chi connectivity index (χ1n) is 9.37. The summed E-state index contributed by atoms with van der Waals surface area (Å²) in [7, 11) is 1.56. The minimum absolute atomic E-state index is 0. The van der Waals surface area contributed by atoms with Crippen LogP contribution in [-0.2, 0) is 20.9 Å². The summed E-state index contributed by atoms with van der Waals surface area (Å²) in [5.41, 5.74) is 7.52. The third-order valence-electron chi connectivity index (χ3n) is 3.88. The van der Waals surface area contributed by atoms with Gasteiger partial charge in [0.15, 0.2) is 0 Å². The van der Waals surface area contributed by atoms with Crippen LogP contribution in [0.3, 0.4) is 0 Å². The van der Waals surface area contributed by atoms with Crippen molar-refractivity contribution in [2.75, 3.05) is 13.7 Å². The Bertz CT molecular complexity index is 867. The number of nitro benzene ring substituents is 1. The average Bonchev–Trinajstić information content (AvgIpc) is 2.75. The standard InChI is InChI=1S/C14H21N4O2.C7H5NO4.Fm/c1-20-10-14(17-11-19)7-13(15)9-18(16)8-12-5-3-2-4-6-12;9-5-12-7-3-1-6(2-4-7)8(10)11;/h2-6,9,14H,7-8,10,15-16H2,1H3,(H,17,19);1-5H;/q-1;;/b13-9-;;. The number of ether oxygens (including phenoxy) is 2. The van der Waals surface area contributed by atoms with E-state index in [2.05, 4.69) is 10.1 Å². The summed E-state index contributed by atoms with van der Waals surface area (Å²) >= 11 is 0. The summed E-state index contributed by atoms with van der Waals surface area (Å²) in [4.78, 5) is 29.8. The number of methoxy groups -OCH3 is 1. The summed E-state index contributed by atoms with van der Waals surface area (Å²) in [6, 6.07) is 14.9. The van der Waals surface area contributed by atoms with Crippen LogP contribution in [0.1, 0.15) is 12.0 Å². The quantitative estimate of drug-likeness (QED) is 0.0741. The molecule has 0 aliphatic heterocycles. The summed E-state index contributed by atoms with van der Waals surface area (Å²) in [6.07, 6.45) is 3.75. The summed E-state index contributed by atoms with van der Waals surface area (Å²) < 4.78 is 9.43. The van der Waals surface area contributed by atoms with Gasteiger partial charge in [0.2, 0.25) is 0 Å². The predicted molar refractivity (Wildman–Crippen MR) is 117 cm³/mol. The number of hydrogen-bond acceptors (Lipinski definition) is 9. The van der Waals surface area contributed by atoms with Crippen molar-refractivity contribution in [1.29, 1.82) is 0 Å². The molecular weight excluding hydrogens is 675 g/mol. The van der Waals surface area contributed by atoms with Crippen molar-refractivity contribution >= 4 is 18.6 Å². The molecule has 0 saturated heterocycles. The second kappa shape index (κ2) is 15.8. The zero-order valence-electron chi connectivity index (χ0n) is 17.8. The average molecular weight is 701 g/mol. The maximum Gasteiger partial charge on any atom is 0.298 e. The van der Waals surface area contributed by atoms with Gasteiger partial charge in [0.05, 0.1) is 18.1 Å². The number of nitro groups is 1. The normalized spacial score (nSPS) is 11.0. The van der Waals surface area contributed by atoms with Gasteiger partial charge in [-0.15, -0.1) is 0 Å². The van der Waals surface area contributed by atoms with Crippen molar-refractivity contribution in [3.05, 3.63) is 82.2 Å². The smallest absolute Gasteiger partial charge is 0.298 e. The van der Waals surface area contributed by atoms with E-state index in [0.717, 1.165) is 5.56 Å². The molecule has 11 nitrogen and oxygen atoms in total. The molecule has 1 unspecified atom stereocenters. The topological polar surface area (TPSA) is 163 Å². The number of nitrogens with zero attached hydrogens (tertiary/aromatic N) is 2. The molecule has 184 valence electrons. The molecule has 2 aromatic rings. The summed E-state index contributed by atoms with van der Waals surface area (Å²) in [6.45, 7) is 1.19. The van der Waals surface area contributed by atoms with Gasteiger partial charge in [0.1, 0.15) is 5.75 Å². The molecule has 0 aromatic heterocycles. The van der Waals surface area contributed by atoms with Gasteiger partial charge >= 0.3 is 0 Å². The van der Waals surface area contributed by atoms with Crippen LogP contribution < -0.4 is 21.6 Å². The maximum atomic E-state index is 10.3. The Hall–Kier alpha value is -4.96. The molecule has 2 rings (SSSR count). The van der Waals surface area contributed by atoms with Crippen LogP contribution in [0.4, 0.5) is 5.69 Å². The van der Waals surface area contributed by atoms with Gasteiger partial charge < -0.3 is 30.3 Å². The first-order chi connectivity index (χ1) is 15.4. The Kier molecular flexibility index (Phi) is 13.4. The fourth-order valence-electron chi connectivity index (χ4n) is 2.53. The largest absolute Gasteiger partial charge is 0.525 e. The van der Waals surface area contributed by atoms with Gasteiger partial charge in [-0.2, -0.15) is 6.41 Å². The first kappa shape index (κ1) is 28.0. The fourth-order valence-corrected chi connectivity index (χ4v) is 2.53. The molecule has 5 N–H and O–H groups in total. The van der Waals surface area contributed by atoms with Crippen molar-refractivity contribution in [1.82, 2.24) is 10.3 Å². The van der Waals surface area contributed by atoms with Gasteiger partial charge in [-0.3, -0.25) is 14.9 Å². The van der Waals surface area contributed by atoms with Crippen LogP contribution in [0.5, 0.6) is 5.75 Å². The Labute approximate surface area is 185 Å². The third-order valence-corrected chi connectivity index (χ3v) is 3.88. The van der Waals surface area contributed by atoms with E-state index in [4.69, 9.17) is 16.3 Å². The number of hydrogen-bond donors (Lipinski definition) is 3. The number of benzene rings is 2. The van der Waals surface area contributed by atoms with Gasteiger partial charge in [-0.05, 0) is 17.7 Å². The predicted octanol–water partition coefficient (Wildman–Crippen LogP) is 1.35. The molecule has 0 fully saturated rings. The van der Waals surface area contributed by atoms with Crippen LogP contribution in [0.2, 0.25) is 0 Å². The Morgan fingerprint density at radius 3 is 2.39 bits per heavy atom. The molecule has 0 spiro atoms. The summed E-state index contributed by atoms with van der Waals surface area (Å²) in [5.74, 6) is 6.17. The van der Waals surface area contributed by atoms with Crippen molar-refractivity contribution < 1.29 is 24.0 Å². The van der Waals surface area contributed by atoms with E-state index in [1.54, 1.807) is 19.7 Å². The molecule has 0 radical (unpaired) electrons. The van der Waals surface area contributed by atoms with Crippen LogP contribution in [-0.4, -0.2) is 42.6 Å². The fraction of sp³-hybridized carbons (Fsp3) is 0.238. The van der Waals surface area contributed by atoms with Crippen molar-refractivity contribution in [2.45, 2.75) is 19.0 Å². The molecule has 0 bridgehead atoms. The zero-order chi connectivity index (χ0) is 23.8. The first-order valence-corrected chi connectivity index (χ1v) is 9.37. The maximum absolute atomic E-state index is 10.3. The SMILES string of the molecule is COCC(C/C(N)=C/N(N)Cc1ccccc1)N[C-]=O.O=COc1ccc([N+](=O)[O-])cc1.[Fm]. The Morgan fingerprint density at radius 2 is 1.88 bits per heavy atom. The van der Waals surface area contributed by atoms with Crippen LogP contribution in [0, 0.1) is 10.1 Å². The number of nitrogens with two attached hydrogens (primary N) is 2. The van der Waals surface area contributed by atoms with Gasteiger partial charge in [-0.1, -0.05) is 30.3 Å². The second-order valence-electron chi connectivity index (χ2n) is 6.43. The Morgan fingerprint density at radius 1 is 1.24 bits per heavy atom. The molecule has 1 amide bonds. The summed E-state index contributed by atoms with van der Waals surface area (Å²) in [5, 5.41) is 14.2. The number of rotatable bonds is 12. The van der Waals surface area contributed by atoms with Crippen molar-refractivity contribution in [3.63, 3.8) is 0 Å². The van der Waals surface area contributed by atoms with E-state index in [-0.39, 0.29) is 24.0 Å². The minimum atomic E-state index is -0.523. The van der Waals surface area contributed by atoms with E-state index in [0.29, 0.717) is 25.3 Å². The van der Waals surface area contributed by atoms with Gasteiger partial charge in [0, 0.05) is 43.6 Å². The molecule has 2 aromatic carbocycles. The molecule has 12 heteroatoms. The molecule has 0 aliphatic carbocycles. The number of amides is 1. The number of carbonyl (C=O) groups excluding carboxylic acids is 2. The van der Waals surface area contributed by atoms with Gasteiger partial charge in [-0.25, -0.2) is 5.84 Å². The monoisotopic (exact) mass is 701 g/mol. The van der Waals surface area contributed by atoms with Crippen molar-refractivity contribution in [3.8, 4) is 5.75 Å². The molecule has 33 heavy (non-hydrogen) atoms. The van der Waals surface area contributed by atoms with E-state index >= 15 is 0 Å². The Balaban J connectivity index is 0.000000675. The van der Waals surface area contributed by atoms with Crippen LogP contribution >= 0.6 is 0 Å². The molecule has 0 heterocycles. The number of non-ortho nitro benzene ring substituents is 1. The number of carbonyl (C=O) groups is 1. The van der Waals surface area contributed by atoms with Crippen molar-refractivity contribution in [2.24, 2.45) is 11.6 Å². The van der Waals surface area contributed by atoms with Crippen LogP contribution in [0.15, 0.2) is 66.5 Å². The molecule has 0 saturated carbocycles. The van der Waals surface area contributed by atoms with Gasteiger partial charge in [0.25, 0.3) is 12.2 Å². The zero-order valence-corrected chi connectivity index (χ0v) is 20.2. The van der Waals surface area contributed by atoms with Crippen LogP contribution in [0.25, 0.3) is 0 Å². The minimum Gasteiger partial charge on any atom is -0.525 e. The molecular formula is C21H26FmN5O6-. The van der Waals surface area contributed by atoms with E-state index in [9.17, 15) is 19.7 Å². The third kappa shape index (κ3) is 11.7. The number of hydrazine groups is 1. The second-order valence-corrected chi connectivity index (χ2v) is 6.43. The molecule has 1 atom stereocenters.